The Morgan fingerprint density at radius 3 is 2.00 bits per heavy atom. The molecule has 0 bridgehead atoms. The number of hydrogen-bond donors (Lipinski definition) is 0. The molecular formula is C25H21N5. The van der Waals surface area contributed by atoms with Gasteiger partial charge in [-0.1, -0.05) is 65.9 Å². The average Bonchev–Trinajstić information content (AvgIpc) is 3.23. The molecular weight excluding hydrogens is 370 g/mol. The minimum atomic E-state index is 0.661. The predicted molar refractivity (Wildman–Crippen MR) is 119 cm³/mol. The van der Waals surface area contributed by atoms with Crippen molar-refractivity contribution in [2.75, 3.05) is 0 Å². The van der Waals surface area contributed by atoms with Gasteiger partial charge in [0.2, 0.25) is 0 Å². The Bertz CT molecular complexity index is 1320. The molecule has 0 unspecified atom stereocenters. The number of fused-ring (bicyclic) bond motifs is 1. The van der Waals surface area contributed by atoms with Crippen LogP contribution < -0.4 is 0 Å². The van der Waals surface area contributed by atoms with Crippen LogP contribution in [0.25, 0.3) is 33.7 Å². The van der Waals surface area contributed by atoms with Crippen molar-refractivity contribution >= 4 is 11.0 Å². The third-order valence-electron chi connectivity index (χ3n) is 5.30. The second kappa shape index (κ2) is 7.52. The van der Waals surface area contributed by atoms with E-state index in [1.54, 1.807) is 0 Å². The van der Waals surface area contributed by atoms with Crippen LogP contribution in [-0.2, 0) is 6.54 Å². The molecule has 0 saturated heterocycles. The number of rotatable bonds is 4. The van der Waals surface area contributed by atoms with Gasteiger partial charge in [-0.3, -0.25) is 0 Å². The highest BCUT2D eigenvalue weighted by Crippen LogP contribution is 2.30. The number of aryl methyl sites for hydroxylation is 2. The Kier molecular flexibility index (Phi) is 4.56. The van der Waals surface area contributed by atoms with Gasteiger partial charge in [0.1, 0.15) is 11.4 Å². The van der Waals surface area contributed by atoms with Crippen LogP contribution in [0.2, 0.25) is 0 Å². The first-order valence-corrected chi connectivity index (χ1v) is 9.96. The first kappa shape index (κ1) is 18.2. The predicted octanol–water partition coefficient (Wildman–Crippen LogP) is 5.22. The van der Waals surface area contributed by atoms with E-state index < -0.39 is 0 Å². The lowest BCUT2D eigenvalue weighted by Crippen LogP contribution is -1.99. The Balaban J connectivity index is 1.65. The highest BCUT2D eigenvalue weighted by molar-refractivity contribution is 5.85. The summed E-state index contributed by atoms with van der Waals surface area (Å²) in [7, 11) is 0. The zero-order chi connectivity index (χ0) is 20.5. The largest absolute Gasteiger partial charge is 0.247 e. The van der Waals surface area contributed by atoms with E-state index in [1.807, 2.05) is 47.3 Å². The normalized spacial score (nSPS) is 11.1. The standard InChI is InChI=1S/C25H21N5/c1-17-13-21-22(14-18(17)2)27-25(24(26-21)20-11-7-4-8-12-20)23-16-30(29-28-23)15-19-9-5-3-6-10-19/h3-14,16H,15H2,1-2H3. The summed E-state index contributed by atoms with van der Waals surface area (Å²) < 4.78 is 1.84. The van der Waals surface area contributed by atoms with Crippen LogP contribution in [0.1, 0.15) is 16.7 Å². The molecule has 2 heterocycles. The van der Waals surface area contributed by atoms with Crippen LogP contribution in [-0.4, -0.2) is 25.0 Å². The summed E-state index contributed by atoms with van der Waals surface area (Å²) in [5, 5.41) is 8.76. The van der Waals surface area contributed by atoms with Gasteiger partial charge in [-0.25, -0.2) is 14.6 Å². The third-order valence-corrected chi connectivity index (χ3v) is 5.30. The Morgan fingerprint density at radius 2 is 1.33 bits per heavy atom. The minimum absolute atomic E-state index is 0.661. The molecule has 0 fully saturated rings. The van der Waals surface area contributed by atoms with Gasteiger partial charge in [0.15, 0.2) is 0 Å². The number of hydrogen-bond acceptors (Lipinski definition) is 4. The molecule has 0 saturated carbocycles. The van der Waals surface area contributed by atoms with Gasteiger partial charge in [-0.05, 0) is 42.7 Å². The van der Waals surface area contributed by atoms with Crippen molar-refractivity contribution in [2.45, 2.75) is 20.4 Å². The summed E-state index contributed by atoms with van der Waals surface area (Å²) in [4.78, 5) is 9.94. The summed E-state index contributed by atoms with van der Waals surface area (Å²) in [6.07, 6.45) is 1.94. The minimum Gasteiger partial charge on any atom is -0.247 e. The molecule has 0 aliphatic carbocycles. The van der Waals surface area contributed by atoms with Crippen molar-refractivity contribution in [3.8, 4) is 22.6 Å². The molecule has 0 aliphatic rings. The fourth-order valence-electron chi connectivity index (χ4n) is 3.54. The molecule has 5 nitrogen and oxygen atoms in total. The summed E-state index contributed by atoms with van der Waals surface area (Å²) >= 11 is 0. The Hall–Kier alpha value is -3.86. The van der Waals surface area contributed by atoms with Gasteiger partial charge >= 0.3 is 0 Å². The van der Waals surface area contributed by atoms with Gasteiger partial charge in [0.05, 0.1) is 29.5 Å². The molecule has 30 heavy (non-hydrogen) atoms. The monoisotopic (exact) mass is 391 g/mol. The zero-order valence-corrected chi connectivity index (χ0v) is 16.9. The molecule has 5 aromatic rings. The molecule has 0 radical (unpaired) electrons. The fraction of sp³-hybridized carbons (Fsp3) is 0.120. The fourth-order valence-corrected chi connectivity index (χ4v) is 3.54. The molecule has 0 spiro atoms. The highest BCUT2D eigenvalue weighted by atomic mass is 15.4. The van der Waals surface area contributed by atoms with E-state index in [0.717, 1.165) is 33.7 Å². The molecule has 3 aromatic carbocycles. The molecule has 0 N–H and O–H groups in total. The SMILES string of the molecule is Cc1cc2nc(-c3ccccc3)c(-c3cn(Cc4ccccc4)nn3)nc2cc1C. The van der Waals surface area contributed by atoms with E-state index in [-0.39, 0.29) is 0 Å². The van der Waals surface area contributed by atoms with E-state index in [4.69, 9.17) is 9.97 Å². The highest BCUT2D eigenvalue weighted by Gasteiger charge is 2.16. The van der Waals surface area contributed by atoms with Gasteiger partial charge in [0.25, 0.3) is 0 Å². The maximum atomic E-state index is 4.98. The lowest BCUT2D eigenvalue weighted by Gasteiger charge is -2.10. The molecule has 5 heteroatoms. The van der Waals surface area contributed by atoms with E-state index >= 15 is 0 Å². The van der Waals surface area contributed by atoms with Crippen molar-refractivity contribution in [3.05, 3.63) is 95.7 Å². The number of aromatic nitrogens is 5. The van der Waals surface area contributed by atoms with Crippen molar-refractivity contribution in [2.24, 2.45) is 0 Å². The topological polar surface area (TPSA) is 56.5 Å². The van der Waals surface area contributed by atoms with Crippen LogP contribution in [0.5, 0.6) is 0 Å². The molecule has 5 rings (SSSR count). The van der Waals surface area contributed by atoms with Crippen LogP contribution in [0.4, 0.5) is 0 Å². The smallest absolute Gasteiger partial charge is 0.133 e. The first-order chi connectivity index (χ1) is 14.7. The van der Waals surface area contributed by atoms with Gasteiger partial charge in [0, 0.05) is 5.56 Å². The second-order valence-corrected chi connectivity index (χ2v) is 7.50. The van der Waals surface area contributed by atoms with Crippen LogP contribution in [0.3, 0.4) is 0 Å². The van der Waals surface area contributed by atoms with E-state index in [2.05, 4.69) is 60.6 Å². The van der Waals surface area contributed by atoms with Crippen LogP contribution >= 0.6 is 0 Å². The lowest BCUT2D eigenvalue weighted by atomic mass is 10.1. The molecule has 146 valence electrons. The summed E-state index contributed by atoms with van der Waals surface area (Å²) in [6.45, 7) is 4.85. The van der Waals surface area contributed by atoms with Crippen LogP contribution in [0.15, 0.2) is 79.0 Å². The maximum absolute atomic E-state index is 4.98. The Morgan fingerprint density at radius 1 is 0.733 bits per heavy atom. The second-order valence-electron chi connectivity index (χ2n) is 7.50. The first-order valence-electron chi connectivity index (χ1n) is 9.96. The molecule has 0 aliphatic heterocycles. The van der Waals surface area contributed by atoms with Gasteiger partial charge in [-0.2, -0.15) is 0 Å². The quantitative estimate of drug-likeness (QED) is 0.421. The van der Waals surface area contributed by atoms with Crippen molar-refractivity contribution in [3.63, 3.8) is 0 Å². The van der Waals surface area contributed by atoms with Crippen molar-refractivity contribution < 1.29 is 0 Å². The summed E-state index contributed by atoms with van der Waals surface area (Å²) in [5.41, 5.74) is 8.63. The van der Waals surface area contributed by atoms with E-state index in [9.17, 15) is 0 Å². The summed E-state index contributed by atoms with van der Waals surface area (Å²) in [5.74, 6) is 0. The van der Waals surface area contributed by atoms with E-state index in [1.165, 1.54) is 16.7 Å². The third kappa shape index (κ3) is 3.46. The van der Waals surface area contributed by atoms with Gasteiger partial charge in [-0.15, -0.1) is 5.10 Å². The van der Waals surface area contributed by atoms with Gasteiger partial charge < -0.3 is 0 Å². The molecule has 0 amide bonds. The van der Waals surface area contributed by atoms with Crippen LogP contribution in [0, 0.1) is 13.8 Å². The molecule has 2 aromatic heterocycles. The van der Waals surface area contributed by atoms with Crippen molar-refractivity contribution in [1.82, 2.24) is 25.0 Å². The maximum Gasteiger partial charge on any atom is 0.133 e. The lowest BCUT2D eigenvalue weighted by molar-refractivity contribution is 0.650. The Labute approximate surface area is 175 Å². The molecule has 0 atom stereocenters. The average molecular weight is 391 g/mol. The summed E-state index contributed by atoms with van der Waals surface area (Å²) in [6, 6.07) is 24.5. The zero-order valence-electron chi connectivity index (χ0n) is 16.9. The number of benzene rings is 3. The number of nitrogens with zero attached hydrogens (tertiary/aromatic N) is 5. The van der Waals surface area contributed by atoms with Crippen molar-refractivity contribution in [1.29, 1.82) is 0 Å². The van der Waals surface area contributed by atoms with E-state index in [0.29, 0.717) is 6.54 Å².